The Morgan fingerprint density at radius 3 is 2.43 bits per heavy atom. The Balaban J connectivity index is 1.78. The minimum atomic E-state index is -0.282. The highest BCUT2D eigenvalue weighted by Crippen LogP contribution is 2.31. The van der Waals surface area contributed by atoms with E-state index in [-0.39, 0.29) is 24.1 Å². The highest BCUT2D eigenvalue weighted by molar-refractivity contribution is 5.75. The number of nitrogens with zero attached hydrogens (tertiary/aromatic N) is 1. The maximum atomic E-state index is 13.0. The molecule has 0 aromatic heterocycles. The number of nitrogens with one attached hydrogen (secondary N) is 1. The van der Waals surface area contributed by atoms with Crippen LogP contribution in [0.25, 0.3) is 0 Å². The molecule has 1 saturated heterocycles. The van der Waals surface area contributed by atoms with Crippen LogP contribution in [-0.2, 0) is 4.74 Å². The highest BCUT2D eigenvalue weighted by Gasteiger charge is 2.34. The van der Waals surface area contributed by atoms with Crippen LogP contribution < -0.4 is 5.32 Å². The van der Waals surface area contributed by atoms with Gasteiger partial charge in [0.05, 0.1) is 12.6 Å². The first kappa shape index (κ1) is 20.4. The third kappa shape index (κ3) is 4.72. The molecule has 0 bridgehead atoms. The van der Waals surface area contributed by atoms with E-state index in [1.165, 1.54) is 0 Å². The summed E-state index contributed by atoms with van der Waals surface area (Å²) in [6.07, 6.45) is 1.53. The van der Waals surface area contributed by atoms with Crippen LogP contribution >= 0.6 is 0 Å². The number of hydrogen-bond donors (Lipinski definition) is 2. The Labute approximate surface area is 167 Å². The Hall–Kier alpha value is -2.37. The average molecular weight is 383 g/mol. The van der Waals surface area contributed by atoms with E-state index in [1.54, 1.807) is 11.9 Å². The SMILES string of the molecule is Cc1ccccc1C(NC(=O)N(C)CC1(CO)CCOCC1)c1ccccc1. The van der Waals surface area contributed by atoms with Crippen LogP contribution in [-0.4, -0.2) is 49.5 Å². The number of aliphatic hydroxyl groups is 1. The minimum absolute atomic E-state index is 0.0634. The smallest absolute Gasteiger partial charge is 0.317 e. The topological polar surface area (TPSA) is 61.8 Å². The van der Waals surface area contributed by atoms with Crippen molar-refractivity contribution < 1.29 is 14.6 Å². The molecule has 2 aromatic carbocycles. The predicted molar refractivity (Wildman–Crippen MR) is 110 cm³/mol. The van der Waals surface area contributed by atoms with Gasteiger partial charge in [-0.25, -0.2) is 4.79 Å². The van der Waals surface area contributed by atoms with Crippen molar-refractivity contribution in [2.24, 2.45) is 5.41 Å². The molecule has 3 rings (SSSR count). The van der Waals surface area contributed by atoms with Gasteiger partial charge in [-0.3, -0.25) is 0 Å². The van der Waals surface area contributed by atoms with Crippen LogP contribution in [0.2, 0.25) is 0 Å². The van der Waals surface area contributed by atoms with Crippen molar-refractivity contribution >= 4 is 6.03 Å². The zero-order chi connectivity index (χ0) is 20.0. The molecule has 5 heteroatoms. The Bertz CT molecular complexity index is 772. The van der Waals surface area contributed by atoms with E-state index < -0.39 is 0 Å². The van der Waals surface area contributed by atoms with Gasteiger partial charge in [-0.2, -0.15) is 0 Å². The van der Waals surface area contributed by atoms with Gasteiger partial charge in [0.2, 0.25) is 0 Å². The number of aryl methyl sites for hydroxylation is 1. The first-order valence-corrected chi connectivity index (χ1v) is 9.85. The molecule has 28 heavy (non-hydrogen) atoms. The van der Waals surface area contributed by atoms with Gasteiger partial charge in [0.1, 0.15) is 0 Å². The molecule has 5 nitrogen and oxygen atoms in total. The number of hydrogen-bond acceptors (Lipinski definition) is 3. The van der Waals surface area contributed by atoms with Crippen LogP contribution in [0.3, 0.4) is 0 Å². The second kappa shape index (κ2) is 9.22. The number of ether oxygens (including phenoxy) is 1. The lowest BCUT2D eigenvalue weighted by Gasteiger charge is -2.38. The van der Waals surface area contributed by atoms with E-state index in [9.17, 15) is 9.90 Å². The summed E-state index contributed by atoms with van der Waals surface area (Å²) in [6.45, 7) is 3.89. The standard InChI is InChI=1S/C23H30N2O3/c1-18-8-6-7-11-20(18)21(19-9-4-3-5-10-19)24-22(27)25(2)16-23(17-26)12-14-28-15-13-23/h3-11,21,26H,12-17H2,1-2H3,(H,24,27). The molecule has 2 N–H and O–H groups in total. The number of amides is 2. The summed E-state index contributed by atoms with van der Waals surface area (Å²) in [6, 6.07) is 17.8. The molecule has 1 unspecified atom stereocenters. The summed E-state index contributed by atoms with van der Waals surface area (Å²) in [7, 11) is 1.79. The fourth-order valence-electron chi connectivity index (χ4n) is 3.88. The molecule has 2 amide bonds. The van der Waals surface area contributed by atoms with Crippen molar-refractivity contribution in [1.29, 1.82) is 0 Å². The van der Waals surface area contributed by atoms with E-state index in [2.05, 4.69) is 24.4 Å². The maximum absolute atomic E-state index is 13.0. The Kier molecular flexibility index (Phi) is 6.70. The van der Waals surface area contributed by atoms with Crippen molar-refractivity contribution in [3.8, 4) is 0 Å². The molecule has 1 aliphatic heterocycles. The summed E-state index contributed by atoms with van der Waals surface area (Å²) in [5.41, 5.74) is 2.98. The van der Waals surface area contributed by atoms with Crippen molar-refractivity contribution in [3.63, 3.8) is 0 Å². The number of aliphatic hydroxyl groups excluding tert-OH is 1. The van der Waals surface area contributed by atoms with E-state index in [0.717, 1.165) is 29.5 Å². The quantitative estimate of drug-likeness (QED) is 0.804. The van der Waals surface area contributed by atoms with Crippen molar-refractivity contribution in [3.05, 3.63) is 71.3 Å². The largest absolute Gasteiger partial charge is 0.396 e. The van der Waals surface area contributed by atoms with E-state index in [0.29, 0.717) is 19.8 Å². The number of carbonyl (C=O) groups is 1. The lowest BCUT2D eigenvalue weighted by molar-refractivity contribution is -0.0261. The summed E-state index contributed by atoms with van der Waals surface area (Å²) >= 11 is 0. The van der Waals surface area contributed by atoms with E-state index in [1.807, 2.05) is 42.5 Å². The first-order valence-electron chi connectivity index (χ1n) is 9.85. The van der Waals surface area contributed by atoms with Gasteiger partial charge in [0.15, 0.2) is 0 Å². The van der Waals surface area contributed by atoms with Crippen LogP contribution in [0, 0.1) is 12.3 Å². The second-order valence-electron chi connectivity index (χ2n) is 7.78. The average Bonchev–Trinajstić information content (AvgIpc) is 2.73. The van der Waals surface area contributed by atoms with Crippen LogP contribution in [0.4, 0.5) is 4.79 Å². The van der Waals surface area contributed by atoms with Crippen molar-refractivity contribution in [2.45, 2.75) is 25.8 Å². The highest BCUT2D eigenvalue weighted by atomic mass is 16.5. The molecular formula is C23H30N2O3. The molecule has 1 heterocycles. The summed E-state index contributed by atoms with van der Waals surface area (Å²) in [5, 5.41) is 13.1. The number of benzene rings is 2. The summed E-state index contributed by atoms with van der Waals surface area (Å²) in [5.74, 6) is 0. The van der Waals surface area contributed by atoms with Gasteiger partial charge in [-0.1, -0.05) is 54.6 Å². The van der Waals surface area contributed by atoms with Gasteiger partial charge in [-0.05, 0) is 36.5 Å². The molecule has 150 valence electrons. The molecule has 0 radical (unpaired) electrons. The fraction of sp³-hybridized carbons (Fsp3) is 0.435. The molecular weight excluding hydrogens is 352 g/mol. The lowest BCUT2D eigenvalue weighted by Crippen LogP contribution is -2.48. The minimum Gasteiger partial charge on any atom is -0.396 e. The zero-order valence-corrected chi connectivity index (χ0v) is 16.7. The predicted octanol–water partition coefficient (Wildman–Crippen LogP) is 3.51. The molecule has 0 aliphatic carbocycles. The molecule has 1 atom stereocenters. The van der Waals surface area contributed by atoms with Gasteiger partial charge in [0.25, 0.3) is 0 Å². The third-order valence-corrected chi connectivity index (χ3v) is 5.71. The molecule has 1 fully saturated rings. The van der Waals surface area contributed by atoms with Crippen LogP contribution in [0.5, 0.6) is 0 Å². The van der Waals surface area contributed by atoms with E-state index in [4.69, 9.17) is 4.74 Å². The molecule has 0 spiro atoms. The number of rotatable bonds is 6. The molecule has 0 saturated carbocycles. The van der Waals surface area contributed by atoms with Crippen molar-refractivity contribution in [1.82, 2.24) is 10.2 Å². The van der Waals surface area contributed by atoms with Gasteiger partial charge in [0, 0.05) is 32.2 Å². The molecule has 1 aliphatic rings. The Morgan fingerprint density at radius 2 is 1.79 bits per heavy atom. The summed E-state index contributed by atoms with van der Waals surface area (Å²) < 4.78 is 5.43. The normalized spacial score (nSPS) is 17.0. The second-order valence-corrected chi connectivity index (χ2v) is 7.78. The lowest BCUT2D eigenvalue weighted by atomic mass is 9.80. The van der Waals surface area contributed by atoms with E-state index >= 15 is 0 Å². The molecule has 2 aromatic rings. The van der Waals surface area contributed by atoms with Crippen molar-refractivity contribution in [2.75, 3.05) is 33.4 Å². The third-order valence-electron chi connectivity index (χ3n) is 5.71. The number of carbonyl (C=O) groups excluding carboxylic acids is 1. The first-order chi connectivity index (χ1) is 13.5. The van der Waals surface area contributed by atoms with Gasteiger partial charge < -0.3 is 20.1 Å². The monoisotopic (exact) mass is 382 g/mol. The van der Waals surface area contributed by atoms with Gasteiger partial charge >= 0.3 is 6.03 Å². The van der Waals surface area contributed by atoms with Crippen LogP contribution in [0.1, 0.15) is 35.6 Å². The zero-order valence-electron chi connectivity index (χ0n) is 16.7. The maximum Gasteiger partial charge on any atom is 0.317 e. The number of urea groups is 1. The fourth-order valence-corrected chi connectivity index (χ4v) is 3.88. The van der Waals surface area contributed by atoms with Gasteiger partial charge in [-0.15, -0.1) is 0 Å². The summed E-state index contributed by atoms with van der Waals surface area (Å²) in [4.78, 5) is 14.7. The van der Waals surface area contributed by atoms with Crippen LogP contribution in [0.15, 0.2) is 54.6 Å². The Morgan fingerprint density at radius 1 is 1.14 bits per heavy atom.